The maximum atomic E-state index is 11.2. The van der Waals surface area contributed by atoms with Crippen LogP contribution in [0, 0.1) is 16.0 Å². The van der Waals surface area contributed by atoms with Crippen molar-refractivity contribution in [3.8, 4) is 0 Å². The number of rotatable bonds is 1. The Morgan fingerprint density at radius 3 is 2.86 bits per heavy atom. The van der Waals surface area contributed by atoms with Gasteiger partial charge in [-0.05, 0) is 19.3 Å². The van der Waals surface area contributed by atoms with E-state index in [-0.39, 0.29) is 16.9 Å². The van der Waals surface area contributed by atoms with Gasteiger partial charge in [0.05, 0.1) is 0 Å². The summed E-state index contributed by atoms with van der Waals surface area (Å²) in [6.45, 7) is 2.70. The second-order valence-corrected chi connectivity index (χ2v) is 4.54. The lowest BCUT2D eigenvalue weighted by molar-refractivity contribution is -0.603. The first-order valence-electron chi connectivity index (χ1n) is 5.44. The summed E-state index contributed by atoms with van der Waals surface area (Å²) in [4.78, 5) is 11.2. The van der Waals surface area contributed by atoms with Crippen LogP contribution in [0.5, 0.6) is 0 Å². The van der Waals surface area contributed by atoms with Crippen molar-refractivity contribution >= 4 is 0 Å². The lowest BCUT2D eigenvalue weighted by Crippen LogP contribution is -2.59. The summed E-state index contributed by atoms with van der Waals surface area (Å²) < 4.78 is 5.58. The van der Waals surface area contributed by atoms with Gasteiger partial charge in [0.2, 0.25) is 5.54 Å². The van der Waals surface area contributed by atoms with Gasteiger partial charge >= 0.3 is 0 Å². The molecule has 1 saturated carbocycles. The average molecular weight is 199 g/mol. The van der Waals surface area contributed by atoms with E-state index in [1.54, 1.807) is 0 Å². The molecule has 2 aliphatic rings. The van der Waals surface area contributed by atoms with Crippen LogP contribution < -0.4 is 0 Å². The largest absolute Gasteiger partial charge is 0.371 e. The minimum atomic E-state index is -0.767. The topological polar surface area (TPSA) is 52.4 Å². The van der Waals surface area contributed by atoms with E-state index in [2.05, 4.69) is 0 Å². The molecule has 0 bridgehead atoms. The van der Waals surface area contributed by atoms with E-state index < -0.39 is 5.54 Å². The molecule has 2 fully saturated rings. The summed E-state index contributed by atoms with van der Waals surface area (Å²) in [6.07, 6.45) is 4.32. The molecule has 4 heteroatoms. The van der Waals surface area contributed by atoms with Crippen molar-refractivity contribution < 1.29 is 9.66 Å². The van der Waals surface area contributed by atoms with Crippen molar-refractivity contribution in [3.05, 3.63) is 10.1 Å². The van der Waals surface area contributed by atoms with Crippen molar-refractivity contribution in [2.75, 3.05) is 6.61 Å². The number of nitrogens with zero attached hydrogens (tertiary/aromatic N) is 1. The Bertz CT molecular complexity index is 242. The molecule has 1 saturated heterocycles. The Morgan fingerprint density at radius 2 is 2.21 bits per heavy atom. The normalized spacial score (nSPS) is 42.9. The van der Waals surface area contributed by atoms with Gasteiger partial charge in [-0.1, -0.05) is 13.3 Å². The molecule has 0 radical (unpaired) electrons. The van der Waals surface area contributed by atoms with Gasteiger partial charge < -0.3 is 4.74 Å². The summed E-state index contributed by atoms with van der Waals surface area (Å²) in [6, 6.07) is 0. The highest BCUT2D eigenvalue weighted by molar-refractivity contribution is 4.97. The molecule has 2 rings (SSSR count). The zero-order chi connectivity index (χ0) is 10.2. The second kappa shape index (κ2) is 3.50. The van der Waals surface area contributed by atoms with Crippen LogP contribution in [-0.2, 0) is 4.74 Å². The predicted octanol–water partition coefficient (Wildman–Crippen LogP) is 2.00. The van der Waals surface area contributed by atoms with Gasteiger partial charge in [-0.3, -0.25) is 10.1 Å². The van der Waals surface area contributed by atoms with Gasteiger partial charge in [0.25, 0.3) is 0 Å². The number of fused-ring (bicyclic) bond motifs is 1. The van der Waals surface area contributed by atoms with Gasteiger partial charge in [-0.2, -0.15) is 0 Å². The third-order valence-electron chi connectivity index (χ3n) is 3.91. The minimum Gasteiger partial charge on any atom is -0.371 e. The standard InChI is InChI=1S/C10H17NO3/c1-8-5-7-14-9-4-2-3-6-10(8,9)11(12)13/h8-9H,2-7H2,1H3/t8-,9-,10+/m1/s1. The molecule has 0 aromatic carbocycles. The van der Waals surface area contributed by atoms with E-state index in [4.69, 9.17) is 4.74 Å². The Kier molecular flexibility index (Phi) is 2.47. The van der Waals surface area contributed by atoms with Crippen LogP contribution in [0.25, 0.3) is 0 Å². The van der Waals surface area contributed by atoms with Crippen molar-refractivity contribution in [2.45, 2.75) is 50.7 Å². The average Bonchev–Trinajstić information content (AvgIpc) is 2.18. The highest BCUT2D eigenvalue weighted by Crippen LogP contribution is 2.43. The molecule has 14 heavy (non-hydrogen) atoms. The van der Waals surface area contributed by atoms with Crippen LogP contribution in [0.15, 0.2) is 0 Å². The van der Waals surface area contributed by atoms with Crippen molar-refractivity contribution in [3.63, 3.8) is 0 Å². The molecule has 0 amide bonds. The number of nitro groups is 1. The van der Waals surface area contributed by atoms with Crippen LogP contribution >= 0.6 is 0 Å². The molecular weight excluding hydrogens is 182 g/mol. The maximum Gasteiger partial charge on any atom is 0.250 e. The van der Waals surface area contributed by atoms with E-state index in [0.717, 1.165) is 25.7 Å². The maximum absolute atomic E-state index is 11.2. The van der Waals surface area contributed by atoms with Crippen molar-refractivity contribution in [2.24, 2.45) is 5.92 Å². The monoisotopic (exact) mass is 199 g/mol. The Balaban J connectivity index is 2.29. The summed E-state index contributed by atoms with van der Waals surface area (Å²) in [5.41, 5.74) is -0.767. The van der Waals surface area contributed by atoms with Gasteiger partial charge in [-0.25, -0.2) is 0 Å². The van der Waals surface area contributed by atoms with E-state index >= 15 is 0 Å². The molecule has 1 heterocycles. The van der Waals surface area contributed by atoms with Gasteiger partial charge in [0, 0.05) is 23.9 Å². The smallest absolute Gasteiger partial charge is 0.250 e. The number of hydrogen-bond acceptors (Lipinski definition) is 3. The minimum absolute atomic E-state index is 0.0688. The fourth-order valence-corrected chi connectivity index (χ4v) is 2.97. The molecular formula is C10H17NO3. The first-order valence-corrected chi connectivity index (χ1v) is 5.44. The Morgan fingerprint density at radius 1 is 1.43 bits per heavy atom. The Hall–Kier alpha value is -0.640. The van der Waals surface area contributed by atoms with Gasteiger partial charge in [0.1, 0.15) is 6.10 Å². The lowest BCUT2D eigenvalue weighted by Gasteiger charge is -2.43. The van der Waals surface area contributed by atoms with Crippen molar-refractivity contribution in [1.82, 2.24) is 0 Å². The molecule has 3 atom stereocenters. The quantitative estimate of drug-likeness (QED) is 0.479. The molecule has 1 aliphatic heterocycles. The predicted molar refractivity (Wildman–Crippen MR) is 51.7 cm³/mol. The fourth-order valence-electron chi connectivity index (χ4n) is 2.97. The SMILES string of the molecule is C[C@@H]1CCO[C@@H]2CCCC[C@]12[N+](=O)[O-]. The zero-order valence-electron chi connectivity index (χ0n) is 8.57. The van der Waals surface area contributed by atoms with Crippen LogP contribution in [0.3, 0.4) is 0 Å². The highest BCUT2D eigenvalue weighted by atomic mass is 16.6. The van der Waals surface area contributed by atoms with E-state index in [0.29, 0.717) is 13.0 Å². The van der Waals surface area contributed by atoms with Crippen LogP contribution in [-0.4, -0.2) is 23.2 Å². The molecule has 0 aromatic rings. The van der Waals surface area contributed by atoms with E-state index in [9.17, 15) is 10.1 Å². The molecule has 80 valence electrons. The second-order valence-electron chi connectivity index (χ2n) is 4.54. The highest BCUT2D eigenvalue weighted by Gasteiger charge is 2.58. The first kappa shape index (κ1) is 9.90. The summed E-state index contributed by atoms with van der Waals surface area (Å²) in [7, 11) is 0. The molecule has 0 aromatic heterocycles. The zero-order valence-corrected chi connectivity index (χ0v) is 8.57. The molecule has 0 unspecified atom stereocenters. The third-order valence-corrected chi connectivity index (χ3v) is 3.91. The number of ether oxygens (including phenoxy) is 1. The van der Waals surface area contributed by atoms with Crippen LogP contribution in [0.4, 0.5) is 0 Å². The van der Waals surface area contributed by atoms with Gasteiger partial charge in [-0.15, -0.1) is 0 Å². The lowest BCUT2D eigenvalue weighted by atomic mass is 9.69. The summed E-state index contributed by atoms with van der Waals surface area (Å²) >= 11 is 0. The first-order chi connectivity index (χ1) is 6.68. The van der Waals surface area contributed by atoms with Crippen LogP contribution in [0.1, 0.15) is 39.0 Å². The summed E-state index contributed by atoms with van der Waals surface area (Å²) in [5.74, 6) is 0.163. The van der Waals surface area contributed by atoms with E-state index in [1.165, 1.54) is 0 Å². The molecule has 0 spiro atoms. The van der Waals surface area contributed by atoms with Crippen molar-refractivity contribution in [1.29, 1.82) is 0 Å². The van der Waals surface area contributed by atoms with E-state index in [1.807, 2.05) is 6.92 Å². The molecule has 4 nitrogen and oxygen atoms in total. The number of hydrogen-bond donors (Lipinski definition) is 0. The summed E-state index contributed by atoms with van der Waals surface area (Å²) in [5, 5.41) is 11.2. The molecule has 0 N–H and O–H groups in total. The molecule has 1 aliphatic carbocycles. The fraction of sp³-hybridized carbons (Fsp3) is 1.00. The van der Waals surface area contributed by atoms with Crippen LogP contribution in [0.2, 0.25) is 0 Å². The van der Waals surface area contributed by atoms with Gasteiger partial charge in [0.15, 0.2) is 0 Å². The Labute approximate surface area is 83.8 Å². The third kappa shape index (κ3) is 1.24.